The number of halogens is 2. The number of aryl methyl sites for hydroxylation is 1. The van der Waals surface area contributed by atoms with Crippen molar-refractivity contribution < 1.29 is 9.90 Å². The van der Waals surface area contributed by atoms with Gasteiger partial charge in [-0.2, -0.15) is 0 Å². The number of phenols is 1. The molecule has 0 fully saturated rings. The van der Waals surface area contributed by atoms with Crippen molar-refractivity contribution in [2.75, 3.05) is 0 Å². The molecule has 0 atom stereocenters. The maximum absolute atomic E-state index is 11.7. The van der Waals surface area contributed by atoms with Crippen LogP contribution in [0.3, 0.4) is 0 Å². The van der Waals surface area contributed by atoms with Crippen molar-refractivity contribution in [3.63, 3.8) is 0 Å². The second-order valence-electron chi connectivity index (χ2n) is 4.05. The van der Waals surface area contributed by atoms with Gasteiger partial charge in [-0.1, -0.05) is 37.0 Å². The van der Waals surface area contributed by atoms with Crippen molar-refractivity contribution in [1.29, 1.82) is 0 Å². The zero-order valence-electron chi connectivity index (χ0n) is 9.42. The Bertz CT molecular complexity index is 412. The van der Waals surface area contributed by atoms with Crippen LogP contribution < -0.4 is 0 Å². The van der Waals surface area contributed by atoms with E-state index in [2.05, 4.69) is 0 Å². The first-order valence-electron chi connectivity index (χ1n) is 5.00. The van der Waals surface area contributed by atoms with Gasteiger partial charge >= 0.3 is 0 Å². The summed E-state index contributed by atoms with van der Waals surface area (Å²) in [6, 6.07) is 3.23. The van der Waals surface area contributed by atoms with Crippen LogP contribution in [0.1, 0.15) is 41.3 Å². The fourth-order valence-electron chi connectivity index (χ4n) is 1.55. The van der Waals surface area contributed by atoms with E-state index in [0.29, 0.717) is 11.1 Å². The third-order valence-corrected chi connectivity index (χ3v) is 2.86. The number of ketones is 1. The largest absolute Gasteiger partial charge is 0.508 e. The Morgan fingerprint density at radius 3 is 2.31 bits per heavy atom. The van der Waals surface area contributed by atoms with E-state index in [1.165, 1.54) is 0 Å². The van der Waals surface area contributed by atoms with Crippen molar-refractivity contribution in [3.05, 3.63) is 28.8 Å². The van der Waals surface area contributed by atoms with Crippen LogP contribution >= 0.6 is 23.2 Å². The molecule has 1 aromatic carbocycles. The van der Waals surface area contributed by atoms with Crippen LogP contribution in [0.15, 0.2) is 12.1 Å². The van der Waals surface area contributed by atoms with Gasteiger partial charge in [-0.25, -0.2) is 0 Å². The molecule has 0 spiro atoms. The van der Waals surface area contributed by atoms with E-state index in [4.69, 9.17) is 23.2 Å². The first-order valence-corrected chi connectivity index (χ1v) is 5.87. The number of hydrogen-bond acceptors (Lipinski definition) is 2. The zero-order chi connectivity index (χ0) is 12.5. The van der Waals surface area contributed by atoms with Crippen molar-refractivity contribution in [2.45, 2.75) is 31.5 Å². The lowest BCUT2D eigenvalue weighted by Crippen LogP contribution is -2.10. The number of aromatic hydroxyl groups is 1. The molecule has 0 bridgehead atoms. The highest BCUT2D eigenvalue weighted by Gasteiger charge is 2.19. The molecule has 1 N–H and O–H groups in total. The lowest BCUT2D eigenvalue weighted by molar-refractivity contribution is 0.101. The van der Waals surface area contributed by atoms with Crippen molar-refractivity contribution in [2.24, 2.45) is 0 Å². The summed E-state index contributed by atoms with van der Waals surface area (Å²) in [6.45, 7) is 5.63. The second-order valence-corrected chi connectivity index (χ2v) is 5.14. The van der Waals surface area contributed by atoms with Gasteiger partial charge in [0.25, 0.3) is 0 Å². The minimum atomic E-state index is -1.07. The van der Waals surface area contributed by atoms with Crippen LogP contribution in [0.2, 0.25) is 0 Å². The molecule has 0 unspecified atom stereocenters. The molecular weight excluding hydrogens is 247 g/mol. The Labute approximate surface area is 105 Å². The predicted octanol–water partition coefficient (Wildman–Crippen LogP) is 3.81. The number of Topliss-reactive ketones (excluding diaryl/α,β-unsaturated/α-hetero) is 1. The quantitative estimate of drug-likeness (QED) is 0.663. The Morgan fingerprint density at radius 1 is 1.31 bits per heavy atom. The first kappa shape index (κ1) is 13.3. The fourth-order valence-corrected chi connectivity index (χ4v) is 1.79. The standard InChI is InChI=1S/C12H14Cl2O2/c1-6(2)8-5-9(11(16)12(13)14)7(3)4-10(8)15/h4-6,12,15H,1-3H3. The zero-order valence-corrected chi connectivity index (χ0v) is 10.9. The molecule has 0 heterocycles. The van der Waals surface area contributed by atoms with E-state index in [1.807, 2.05) is 13.8 Å². The molecule has 1 aromatic rings. The van der Waals surface area contributed by atoms with Gasteiger partial charge in [0.2, 0.25) is 0 Å². The maximum Gasteiger partial charge on any atom is 0.195 e. The summed E-state index contributed by atoms with van der Waals surface area (Å²) >= 11 is 11.1. The lowest BCUT2D eigenvalue weighted by Gasteiger charge is -2.13. The van der Waals surface area contributed by atoms with E-state index < -0.39 is 4.84 Å². The number of rotatable bonds is 3. The number of carbonyl (C=O) groups excluding carboxylic acids is 1. The van der Waals surface area contributed by atoms with Gasteiger partial charge in [0.05, 0.1) is 0 Å². The number of alkyl halides is 2. The minimum absolute atomic E-state index is 0.135. The van der Waals surface area contributed by atoms with E-state index in [-0.39, 0.29) is 17.5 Å². The summed E-state index contributed by atoms with van der Waals surface area (Å²) in [5, 5.41) is 9.73. The normalized spacial score (nSPS) is 11.2. The topological polar surface area (TPSA) is 37.3 Å². The Balaban J connectivity index is 3.30. The molecule has 88 valence electrons. The SMILES string of the molecule is Cc1cc(O)c(C(C)C)cc1C(=O)C(Cl)Cl. The van der Waals surface area contributed by atoms with Crippen LogP contribution in [0, 0.1) is 6.92 Å². The Morgan fingerprint density at radius 2 is 1.88 bits per heavy atom. The van der Waals surface area contributed by atoms with Crippen LogP contribution in [0.4, 0.5) is 0 Å². The molecular formula is C12H14Cl2O2. The molecule has 0 saturated carbocycles. The molecule has 2 nitrogen and oxygen atoms in total. The monoisotopic (exact) mass is 260 g/mol. The molecule has 0 radical (unpaired) electrons. The molecule has 0 saturated heterocycles. The van der Waals surface area contributed by atoms with Gasteiger partial charge in [0.15, 0.2) is 10.6 Å². The summed E-state index contributed by atoms with van der Waals surface area (Å²) in [4.78, 5) is 10.6. The molecule has 0 amide bonds. The maximum atomic E-state index is 11.7. The van der Waals surface area contributed by atoms with E-state index in [1.54, 1.807) is 19.1 Å². The second kappa shape index (κ2) is 5.07. The highest BCUT2D eigenvalue weighted by atomic mass is 35.5. The van der Waals surface area contributed by atoms with E-state index >= 15 is 0 Å². The fraction of sp³-hybridized carbons (Fsp3) is 0.417. The van der Waals surface area contributed by atoms with Crippen molar-refractivity contribution in [3.8, 4) is 5.75 Å². The van der Waals surface area contributed by atoms with Crippen molar-refractivity contribution in [1.82, 2.24) is 0 Å². The van der Waals surface area contributed by atoms with E-state index in [0.717, 1.165) is 5.56 Å². The van der Waals surface area contributed by atoms with E-state index in [9.17, 15) is 9.90 Å². The summed E-state index contributed by atoms with van der Waals surface area (Å²) in [6.07, 6.45) is 0. The van der Waals surface area contributed by atoms with Gasteiger partial charge in [-0.15, -0.1) is 0 Å². The van der Waals surface area contributed by atoms with Crippen LogP contribution in [-0.4, -0.2) is 15.7 Å². The van der Waals surface area contributed by atoms with Crippen LogP contribution in [-0.2, 0) is 0 Å². The van der Waals surface area contributed by atoms with Gasteiger partial charge < -0.3 is 5.11 Å². The number of benzene rings is 1. The minimum Gasteiger partial charge on any atom is -0.508 e. The summed E-state index contributed by atoms with van der Waals surface area (Å²) in [5.74, 6) is 0.00345. The highest BCUT2D eigenvalue weighted by molar-refractivity contribution is 6.55. The average molecular weight is 261 g/mol. The van der Waals surface area contributed by atoms with Crippen LogP contribution in [0.5, 0.6) is 5.75 Å². The average Bonchev–Trinajstić information content (AvgIpc) is 2.16. The molecule has 0 aliphatic carbocycles. The van der Waals surface area contributed by atoms with Crippen molar-refractivity contribution >= 4 is 29.0 Å². The number of hydrogen-bond donors (Lipinski definition) is 1. The predicted molar refractivity (Wildman–Crippen MR) is 66.8 cm³/mol. The molecule has 0 aliphatic heterocycles. The van der Waals surface area contributed by atoms with Gasteiger partial charge in [0, 0.05) is 5.56 Å². The Kier molecular flexibility index (Phi) is 4.22. The summed E-state index contributed by atoms with van der Waals surface area (Å²) in [7, 11) is 0. The molecule has 1 rings (SSSR count). The number of phenolic OH excluding ortho intramolecular Hbond substituents is 1. The van der Waals surface area contributed by atoms with Crippen LogP contribution in [0.25, 0.3) is 0 Å². The summed E-state index contributed by atoms with van der Waals surface area (Å²) < 4.78 is 0. The highest BCUT2D eigenvalue weighted by Crippen LogP contribution is 2.29. The Hall–Kier alpha value is -0.730. The lowest BCUT2D eigenvalue weighted by atomic mass is 9.95. The molecule has 16 heavy (non-hydrogen) atoms. The molecule has 0 aliphatic rings. The smallest absolute Gasteiger partial charge is 0.195 e. The van der Waals surface area contributed by atoms with Gasteiger partial charge in [-0.05, 0) is 36.1 Å². The van der Waals surface area contributed by atoms with Gasteiger partial charge in [0.1, 0.15) is 5.75 Å². The third-order valence-electron chi connectivity index (χ3n) is 2.46. The van der Waals surface area contributed by atoms with Gasteiger partial charge in [-0.3, -0.25) is 4.79 Å². The number of carbonyl (C=O) groups is 1. The first-order chi connectivity index (χ1) is 7.34. The third kappa shape index (κ3) is 2.69. The molecule has 4 heteroatoms. The summed E-state index contributed by atoms with van der Waals surface area (Å²) in [5.41, 5.74) is 1.87. The molecule has 0 aromatic heterocycles.